The third kappa shape index (κ3) is 4.45. The Labute approximate surface area is 132 Å². The van der Waals surface area contributed by atoms with Crippen LogP contribution in [0.15, 0.2) is 12.1 Å². The van der Waals surface area contributed by atoms with E-state index in [0.29, 0.717) is 23.4 Å². The van der Waals surface area contributed by atoms with E-state index in [1.165, 1.54) is 11.3 Å². The Morgan fingerprint density at radius 2 is 1.90 bits per heavy atom. The van der Waals surface area contributed by atoms with Crippen LogP contribution in [0, 0.1) is 25.7 Å². The molecule has 3 atom stereocenters. The van der Waals surface area contributed by atoms with Crippen LogP contribution in [0.2, 0.25) is 5.02 Å². The van der Waals surface area contributed by atoms with Crippen LogP contribution in [0.25, 0.3) is 0 Å². The number of halogens is 1. The number of hydrogen-bond acceptors (Lipinski definition) is 1. The zero-order chi connectivity index (χ0) is 15.6. The maximum atomic E-state index is 12.3. The van der Waals surface area contributed by atoms with Gasteiger partial charge in [-0.2, -0.15) is 0 Å². The molecule has 1 unspecified atom stereocenters. The number of piperidine rings is 1. The standard InChI is InChI=1S/C17H25ClN2O/c1-11-6-14(4)17(15(18)7-11)19-16(21)10-20-8-12(2)5-13(3)9-20/h6-7,12-13H,5,8-10H2,1-4H3,(H,19,21)/p+1/t12-,13+. The van der Waals surface area contributed by atoms with Crippen molar-refractivity contribution in [3.8, 4) is 0 Å². The van der Waals surface area contributed by atoms with Gasteiger partial charge in [0.15, 0.2) is 6.54 Å². The van der Waals surface area contributed by atoms with Gasteiger partial charge < -0.3 is 10.2 Å². The molecule has 1 amide bonds. The van der Waals surface area contributed by atoms with E-state index in [1.807, 2.05) is 26.0 Å². The van der Waals surface area contributed by atoms with Crippen LogP contribution in [0.5, 0.6) is 0 Å². The summed E-state index contributed by atoms with van der Waals surface area (Å²) in [4.78, 5) is 13.7. The van der Waals surface area contributed by atoms with E-state index in [-0.39, 0.29) is 5.91 Å². The molecule has 0 radical (unpaired) electrons. The van der Waals surface area contributed by atoms with Crippen molar-refractivity contribution >= 4 is 23.2 Å². The Morgan fingerprint density at radius 3 is 2.48 bits per heavy atom. The maximum absolute atomic E-state index is 12.3. The highest BCUT2D eigenvalue weighted by atomic mass is 35.5. The molecule has 1 aromatic carbocycles. The summed E-state index contributed by atoms with van der Waals surface area (Å²) >= 11 is 6.25. The number of rotatable bonds is 3. The minimum absolute atomic E-state index is 0.0557. The smallest absolute Gasteiger partial charge is 0.279 e. The molecule has 4 heteroatoms. The zero-order valence-corrected chi connectivity index (χ0v) is 14.2. The van der Waals surface area contributed by atoms with Crippen molar-refractivity contribution in [2.75, 3.05) is 25.0 Å². The number of benzene rings is 1. The normalized spacial score (nSPS) is 25.7. The number of carbonyl (C=O) groups excluding carboxylic acids is 1. The fourth-order valence-corrected chi connectivity index (χ4v) is 3.92. The highest BCUT2D eigenvalue weighted by Gasteiger charge is 2.26. The molecular formula is C17H26ClN2O+. The number of aryl methyl sites for hydroxylation is 2. The van der Waals surface area contributed by atoms with Gasteiger partial charge in [0.25, 0.3) is 5.91 Å². The van der Waals surface area contributed by atoms with Gasteiger partial charge in [0.2, 0.25) is 0 Å². The maximum Gasteiger partial charge on any atom is 0.279 e. The first kappa shape index (κ1) is 16.3. The minimum atomic E-state index is 0.0557. The summed E-state index contributed by atoms with van der Waals surface area (Å²) in [5.74, 6) is 1.45. The molecule has 0 aromatic heterocycles. The predicted molar refractivity (Wildman–Crippen MR) is 88.1 cm³/mol. The molecule has 1 saturated heterocycles. The molecule has 0 saturated carbocycles. The SMILES string of the molecule is Cc1cc(C)c(NC(=O)C[NH+]2C[C@H](C)C[C@H](C)C2)c(Cl)c1. The summed E-state index contributed by atoms with van der Waals surface area (Å²) in [7, 11) is 0. The molecule has 2 N–H and O–H groups in total. The fourth-order valence-electron chi connectivity index (χ4n) is 3.55. The summed E-state index contributed by atoms with van der Waals surface area (Å²) in [6, 6.07) is 3.93. The zero-order valence-electron chi connectivity index (χ0n) is 13.4. The van der Waals surface area contributed by atoms with Gasteiger partial charge in [0, 0.05) is 11.8 Å². The van der Waals surface area contributed by atoms with E-state index in [0.717, 1.165) is 29.9 Å². The van der Waals surface area contributed by atoms with E-state index in [2.05, 4.69) is 19.2 Å². The summed E-state index contributed by atoms with van der Waals surface area (Å²) in [5, 5.41) is 3.61. The molecule has 0 bridgehead atoms. The Morgan fingerprint density at radius 1 is 1.29 bits per heavy atom. The van der Waals surface area contributed by atoms with Gasteiger partial charge in [-0.25, -0.2) is 0 Å². The number of likely N-dealkylation sites (tertiary alicyclic amines) is 1. The van der Waals surface area contributed by atoms with E-state index in [1.54, 1.807) is 0 Å². The molecule has 0 spiro atoms. The molecule has 116 valence electrons. The largest absolute Gasteiger partial charge is 0.327 e. The Hall–Kier alpha value is -1.06. The summed E-state index contributed by atoms with van der Waals surface area (Å²) < 4.78 is 0. The van der Waals surface area contributed by atoms with Crippen molar-refractivity contribution in [2.24, 2.45) is 11.8 Å². The lowest BCUT2D eigenvalue weighted by Gasteiger charge is -2.31. The monoisotopic (exact) mass is 309 g/mol. The number of amides is 1. The van der Waals surface area contributed by atoms with E-state index in [9.17, 15) is 4.79 Å². The predicted octanol–water partition coefficient (Wildman–Crippen LogP) is 2.46. The van der Waals surface area contributed by atoms with E-state index < -0.39 is 0 Å². The molecule has 3 nitrogen and oxygen atoms in total. The van der Waals surface area contributed by atoms with Crippen LogP contribution in [-0.2, 0) is 4.79 Å². The third-order valence-electron chi connectivity index (χ3n) is 4.19. The molecular weight excluding hydrogens is 284 g/mol. The van der Waals surface area contributed by atoms with Gasteiger partial charge in [0.1, 0.15) is 0 Å². The molecule has 21 heavy (non-hydrogen) atoms. The third-order valence-corrected chi connectivity index (χ3v) is 4.48. The average molecular weight is 310 g/mol. The van der Waals surface area contributed by atoms with Crippen molar-refractivity contribution in [2.45, 2.75) is 34.1 Å². The van der Waals surface area contributed by atoms with Crippen molar-refractivity contribution in [1.29, 1.82) is 0 Å². The first-order valence-electron chi connectivity index (χ1n) is 7.75. The van der Waals surface area contributed by atoms with E-state index in [4.69, 9.17) is 11.6 Å². The Kier molecular flexibility index (Phi) is 5.28. The van der Waals surface area contributed by atoms with Crippen LogP contribution < -0.4 is 10.2 Å². The number of quaternary nitrogens is 1. The summed E-state index contributed by atoms with van der Waals surface area (Å²) in [5.41, 5.74) is 2.88. The second kappa shape index (κ2) is 6.80. The number of hydrogen-bond donors (Lipinski definition) is 2. The first-order valence-corrected chi connectivity index (χ1v) is 8.13. The second-order valence-corrected chi connectivity index (χ2v) is 7.18. The van der Waals surface area contributed by atoms with Crippen LogP contribution in [-0.4, -0.2) is 25.5 Å². The lowest BCUT2D eigenvalue weighted by molar-refractivity contribution is -0.904. The van der Waals surface area contributed by atoms with Gasteiger partial charge in [-0.15, -0.1) is 0 Å². The quantitative estimate of drug-likeness (QED) is 0.883. The molecule has 1 heterocycles. The van der Waals surface area contributed by atoms with Crippen molar-refractivity contribution in [3.63, 3.8) is 0 Å². The Bertz CT molecular complexity index is 497. The van der Waals surface area contributed by atoms with Crippen molar-refractivity contribution in [3.05, 3.63) is 28.3 Å². The lowest BCUT2D eigenvalue weighted by Crippen LogP contribution is -3.15. The van der Waals surface area contributed by atoms with Gasteiger partial charge in [-0.1, -0.05) is 31.5 Å². The number of anilines is 1. The van der Waals surface area contributed by atoms with E-state index >= 15 is 0 Å². The fraction of sp³-hybridized carbons (Fsp3) is 0.588. The molecule has 1 aromatic rings. The van der Waals surface area contributed by atoms with Crippen LogP contribution in [0.4, 0.5) is 5.69 Å². The highest BCUT2D eigenvalue weighted by Crippen LogP contribution is 2.27. The lowest BCUT2D eigenvalue weighted by atomic mass is 9.92. The highest BCUT2D eigenvalue weighted by molar-refractivity contribution is 6.34. The van der Waals surface area contributed by atoms with Crippen molar-refractivity contribution < 1.29 is 9.69 Å². The van der Waals surface area contributed by atoms with Gasteiger partial charge in [-0.3, -0.25) is 4.79 Å². The number of nitrogens with one attached hydrogen (secondary N) is 2. The molecule has 2 rings (SSSR count). The summed E-state index contributed by atoms with van der Waals surface area (Å²) in [6.07, 6.45) is 1.27. The number of carbonyl (C=O) groups is 1. The topological polar surface area (TPSA) is 33.5 Å². The first-order chi connectivity index (χ1) is 9.85. The molecule has 1 fully saturated rings. The average Bonchev–Trinajstić information content (AvgIpc) is 2.32. The Balaban J connectivity index is 1.99. The summed E-state index contributed by atoms with van der Waals surface area (Å²) in [6.45, 7) is 11.2. The molecule has 1 aliphatic rings. The van der Waals surface area contributed by atoms with Crippen molar-refractivity contribution in [1.82, 2.24) is 0 Å². The van der Waals surface area contributed by atoms with Gasteiger partial charge in [0.05, 0.1) is 23.8 Å². The van der Waals surface area contributed by atoms with Gasteiger partial charge in [-0.05, 0) is 37.5 Å². The minimum Gasteiger partial charge on any atom is -0.327 e. The van der Waals surface area contributed by atoms with Crippen LogP contribution in [0.1, 0.15) is 31.4 Å². The second-order valence-electron chi connectivity index (χ2n) is 6.77. The molecule has 1 aliphatic heterocycles. The van der Waals surface area contributed by atoms with Crippen LogP contribution >= 0.6 is 11.6 Å². The van der Waals surface area contributed by atoms with Gasteiger partial charge >= 0.3 is 0 Å². The molecule has 0 aliphatic carbocycles. The van der Waals surface area contributed by atoms with Crippen LogP contribution in [0.3, 0.4) is 0 Å².